The first-order valence-electron chi connectivity index (χ1n) is 6.11. The third kappa shape index (κ3) is 4.50. The van der Waals surface area contributed by atoms with E-state index in [-0.39, 0.29) is 11.9 Å². The molecule has 1 heterocycles. The zero-order valence-electron chi connectivity index (χ0n) is 11.1. The van der Waals surface area contributed by atoms with Crippen LogP contribution in [0.1, 0.15) is 42.1 Å². The van der Waals surface area contributed by atoms with Gasteiger partial charge in [-0.2, -0.15) is 0 Å². The lowest BCUT2D eigenvalue weighted by molar-refractivity contribution is 0.0658. The highest BCUT2D eigenvalue weighted by Gasteiger charge is 2.14. The van der Waals surface area contributed by atoms with Crippen LogP contribution in [0.25, 0.3) is 0 Å². The van der Waals surface area contributed by atoms with Crippen LogP contribution in [-0.2, 0) is 6.54 Å². The minimum Gasteiger partial charge on any atom is -0.475 e. The standard InChI is InChI=1S/C13H21NO4/c1-8(2)4-10(15)6-14-7-11-5-9(3)12(18-11)13(16)17/h5,8,10,14-15H,4,6-7H2,1-3H3,(H,16,17). The zero-order valence-corrected chi connectivity index (χ0v) is 11.1. The Morgan fingerprint density at radius 1 is 1.50 bits per heavy atom. The number of aryl methyl sites for hydroxylation is 1. The number of carboxylic acid groups (broad SMARTS) is 1. The van der Waals surface area contributed by atoms with Crippen molar-refractivity contribution in [3.63, 3.8) is 0 Å². The van der Waals surface area contributed by atoms with E-state index in [9.17, 15) is 9.90 Å². The molecule has 102 valence electrons. The van der Waals surface area contributed by atoms with Crippen molar-refractivity contribution in [1.29, 1.82) is 0 Å². The molecule has 1 atom stereocenters. The van der Waals surface area contributed by atoms with Crippen molar-refractivity contribution >= 4 is 5.97 Å². The monoisotopic (exact) mass is 255 g/mol. The van der Waals surface area contributed by atoms with E-state index in [2.05, 4.69) is 19.2 Å². The van der Waals surface area contributed by atoms with Crippen LogP contribution in [0.4, 0.5) is 0 Å². The van der Waals surface area contributed by atoms with Crippen molar-refractivity contribution in [2.24, 2.45) is 5.92 Å². The number of carbonyl (C=O) groups is 1. The topological polar surface area (TPSA) is 82.7 Å². The zero-order chi connectivity index (χ0) is 13.7. The molecule has 0 aliphatic rings. The molecule has 0 aliphatic heterocycles. The summed E-state index contributed by atoms with van der Waals surface area (Å²) in [6, 6.07) is 1.70. The summed E-state index contributed by atoms with van der Waals surface area (Å²) in [7, 11) is 0. The number of carboxylic acids is 1. The lowest BCUT2D eigenvalue weighted by atomic mass is 10.1. The molecule has 0 saturated carbocycles. The van der Waals surface area contributed by atoms with Gasteiger partial charge in [-0.15, -0.1) is 0 Å². The Hall–Kier alpha value is -1.33. The van der Waals surface area contributed by atoms with Gasteiger partial charge in [0.05, 0.1) is 12.6 Å². The predicted molar refractivity (Wildman–Crippen MR) is 67.6 cm³/mol. The maximum Gasteiger partial charge on any atom is 0.372 e. The molecule has 0 aromatic carbocycles. The van der Waals surface area contributed by atoms with E-state index in [0.29, 0.717) is 30.3 Å². The number of furan rings is 1. The smallest absolute Gasteiger partial charge is 0.372 e. The largest absolute Gasteiger partial charge is 0.475 e. The highest BCUT2D eigenvalue weighted by Crippen LogP contribution is 2.14. The molecule has 0 fully saturated rings. The van der Waals surface area contributed by atoms with Crippen LogP contribution in [0, 0.1) is 12.8 Å². The van der Waals surface area contributed by atoms with Crippen molar-refractivity contribution in [3.8, 4) is 0 Å². The molecule has 1 aromatic heterocycles. The van der Waals surface area contributed by atoms with Crippen LogP contribution >= 0.6 is 0 Å². The molecule has 0 aliphatic carbocycles. The van der Waals surface area contributed by atoms with Crippen LogP contribution in [0.2, 0.25) is 0 Å². The third-order valence-corrected chi connectivity index (χ3v) is 2.59. The summed E-state index contributed by atoms with van der Waals surface area (Å²) in [5.41, 5.74) is 0.613. The third-order valence-electron chi connectivity index (χ3n) is 2.59. The lowest BCUT2D eigenvalue weighted by Crippen LogP contribution is -2.27. The van der Waals surface area contributed by atoms with E-state index in [1.807, 2.05) is 0 Å². The summed E-state index contributed by atoms with van der Waals surface area (Å²) >= 11 is 0. The minimum atomic E-state index is -1.06. The van der Waals surface area contributed by atoms with Crippen LogP contribution in [0.3, 0.4) is 0 Å². The van der Waals surface area contributed by atoms with E-state index in [0.717, 1.165) is 6.42 Å². The Morgan fingerprint density at radius 3 is 2.67 bits per heavy atom. The van der Waals surface area contributed by atoms with Crippen LogP contribution in [0.5, 0.6) is 0 Å². The van der Waals surface area contributed by atoms with Crippen molar-refractivity contribution in [3.05, 3.63) is 23.2 Å². The summed E-state index contributed by atoms with van der Waals surface area (Å²) in [6.45, 7) is 6.70. The molecule has 5 nitrogen and oxygen atoms in total. The molecule has 1 unspecified atom stereocenters. The number of aliphatic hydroxyl groups excluding tert-OH is 1. The first kappa shape index (κ1) is 14.7. The van der Waals surface area contributed by atoms with Gasteiger partial charge in [-0.05, 0) is 25.3 Å². The van der Waals surface area contributed by atoms with Crippen molar-refractivity contribution in [2.75, 3.05) is 6.54 Å². The fraction of sp³-hybridized carbons (Fsp3) is 0.615. The van der Waals surface area contributed by atoms with Crippen molar-refractivity contribution in [1.82, 2.24) is 5.32 Å². The van der Waals surface area contributed by atoms with E-state index in [1.54, 1.807) is 13.0 Å². The predicted octanol–water partition coefficient (Wildman–Crippen LogP) is 1.78. The fourth-order valence-electron chi connectivity index (χ4n) is 1.84. The van der Waals surface area contributed by atoms with Gasteiger partial charge >= 0.3 is 5.97 Å². The van der Waals surface area contributed by atoms with Gasteiger partial charge in [0.1, 0.15) is 5.76 Å². The molecule has 18 heavy (non-hydrogen) atoms. The highest BCUT2D eigenvalue weighted by atomic mass is 16.4. The van der Waals surface area contributed by atoms with Gasteiger partial charge in [0.2, 0.25) is 5.76 Å². The Balaban J connectivity index is 2.40. The van der Waals surface area contributed by atoms with E-state index >= 15 is 0 Å². The van der Waals surface area contributed by atoms with Crippen LogP contribution in [-0.4, -0.2) is 28.8 Å². The van der Waals surface area contributed by atoms with Gasteiger partial charge in [0.15, 0.2) is 0 Å². The van der Waals surface area contributed by atoms with Crippen LogP contribution in [0.15, 0.2) is 10.5 Å². The second kappa shape index (κ2) is 6.56. The summed E-state index contributed by atoms with van der Waals surface area (Å²) in [4.78, 5) is 10.8. The molecule has 0 saturated heterocycles. The Bertz CT molecular complexity index is 398. The molecule has 0 bridgehead atoms. The number of nitrogens with one attached hydrogen (secondary N) is 1. The Morgan fingerprint density at radius 2 is 2.17 bits per heavy atom. The van der Waals surface area contributed by atoms with E-state index in [4.69, 9.17) is 9.52 Å². The van der Waals surface area contributed by atoms with E-state index in [1.165, 1.54) is 0 Å². The minimum absolute atomic E-state index is 0.0190. The van der Waals surface area contributed by atoms with Gasteiger partial charge < -0.3 is 19.9 Å². The van der Waals surface area contributed by atoms with Gasteiger partial charge in [0, 0.05) is 12.1 Å². The second-order valence-electron chi connectivity index (χ2n) is 4.94. The molecule has 3 N–H and O–H groups in total. The Kier molecular flexibility index (Phi) is 5.37. The average molecular weight is 255 g/mol. The number of hydrogen-bond donors (Lipinski definition) is 3. The lowest BCUT2D eigenvalue weighted by Gasteiger charge is -2.13. The maximum absolute atomic E-state index is 10.8. The van der Waals surface area contributed by atoms with Gasteiger partial charge in [-0.1, -0.05) is 13.8 Å². The molecule has 0 spiro atoms. The summed E-state index contributed by atoms with van der Waals surface area (Å²) < 4.78 is 5.20. The SMILES string of the molecule is Cc1cc(CNCC(O)CC(C)C)oc1C(=O)O. The fourth-order valence-corrected chi connectivity index (χ4v) is 1.84. The quantitative estimate of drug-likeness (QED) is 0.692. The normalized spacial score (nSPS) is 12.9. The van der Waals surface area contributed by atoms with Crippen molar-refractivity contribution in [2.45, 2.75) is 39.8 Å². The maximum atomic E-state index is 10.8. The molecule has 1 aromatic rings. The molecule has 0 amide bonds. The molecular formula is C13H21NO4. The summed E-state index contributed by atoms with van der Waals surface area (Å²) in [5, 5.41) is 21.5. The van der Waals surface area contributed by atoms with Gasteiger partial charge in [0.25, 0.3) is 0 Å². The van der Waals surface area contributed by atoms with Crippen molar-refractivity contribution < 1.29 is 19.4 Å². The van der Waals surface area contributed by atoms with E-state index < -0.39 is 5.97 Å². The average Bonchev–Trinajstić information content (AvgIpc) is 2.58. The van der Waals surface area contributed by atoms with Gasteiger partial charge in [-0.25, -0.2) is 4.79 Å². The Labute approximate surface area is 107 Å². The first-order chi connectivity index (χ1) is 8.40. The van der Waals surface area contributed by atoms with Crippen LogP contribution < -0.4 is 5.32 Å². The molecule has 0 radical (unpaired) electrons. The number of aromatic carboxylic acids is 1. The van der Waals surface area contributed by atoms with Gasteiger partial charge in [-0.3, -0.25) is 0 Å². The summed E-state index contributed by atoms with van der Waals surface area (Å²) in [5.74, 6) is -0.0546. The number of aliphatic hydroxyl groups is 1. The molecule has 5 heteroatoms. The number of hydrogen-bond acceptors (Lipinski definition) is 4. The second-order valence-corrected chi connectivity index (χ2v) is 4.94. The molecule has 1 rings (SSSR count). The number of rotatable bonds is 7. The first-order valence-corrected chi connectivity index (χ1v) is 6.11. The highest BCUT2D eigenvalue weighted by molar-refractivity contribution is 5.86. The summed E-state index contributed by atoms with van der Waals surface area (Å²) in [6.07, 6.45) is 0.352. The molecular weight excluding hydrogens is 234 g/mol.